The van der Waals surface area contributed by atoms with E-state index < -0.39 is 92.5 Å². The number of aliphatic hydroxyl groups excluding tert-OH is 7. The summed E-state index contributed by atoms with van der Waals surface area (Å²) in [5.74, 6) is -0.463. The Balaban J connectivity index is 2.22. The van der Waals surface area contributed by atoms with Gasteiger partial charge in [0.15, 0.2) is 12.6 Å². The number of carbonyl (C=O) groups excluding carboxylic acids is 1. The van der Waals surface area contributed by atoms with E-state index in [1.165, 1.54) is 13.8 Å². The molecule has 0 unspecified atom stereocenters. The van der Waals surface area contributed by atoms with E-state index in [4.69, 9.17) is 23.7 Å². The topological polar surface area (TPSA) is 217 Å². The molecule has 0 aromatic heterocycles. The van der Waals surface area contributed by atoms with E-state index in [1.54, 1.807) is 0 Å². The summed E-state index contributed by atoms with van der Waals surface area (Å²) in [6, 6.07) is -1.06. The van der Waals surface area contributed by atoms with Gasteiger partial charge in [0, 0.05) is 13.5 Å². The highest BCUT2D eigenvalue weighted by Crippen LogP contribution is 2.30. The monoisotopic (exact) mass is 597 g/mol. The summed E-state index contributed by atoms with van der Waals surface area (Å²) in [7, 11) is 0. The molecule has 0 aromatic rings. The highest BCUT2D eigenvalue weighted by atomic mass is 16.7. The lowest BCUT2D eigenvalue weighted by Crippen LogP contribution is -2.68. The number of hydrogen-bond acceptors (Lipinski definition) is 13. The lowest BCUT2D eigenvalue weighted by Gasteiger charge is -2.47. The standard InChI is InChI=1S/C27H51NO13/c1-4-5-6-7-8-9-10-38-25-19(28-17(3)32)24(41-26-23(36)22(35)20(33)16(2)39-26)21(34)18(40-25)11-37-15-27(12-29,13-30)14-31/h16,18-26,29-31,33-36H,4-15H2,1-3H3,(H,28,32)/t16-,18+,19+,20+,21+,22+,23-,24+,25-,26-/m0/s1. The molecule has 2 rings (SSSR count). The van der Waals surface area contributed by atoms with E-state index in [9.17, 15) is 40.5 Å². The lowest BCUT2D eigenvalue weighted by molar-refractivity contribution is -0.341. The second-order valence-corrected chi connectivity index (χ2v) is 11.2. The maximum Gasteiger partial charge on any atom is 0.217 e. The first-order chi connectivity index (χ1) is 19.5. The van der Waals surface area contributed by atoms with Crippen LogP contribution in [0.4, 0.5) is 0 Å². The third-order valence-electron chi connectivity index (χ3n) is 7.62. The van der Waals surface area contributed by atoms with Gasteiger partial charge in [0.05, 0.1) is 44.6 Å². The summed E-state index contributed by atoms with van der Waals surface area (Å²) < 4.78 is 29.2. The molecule has 2 saturated heterocycles. The number of ether oxygens (including phenoxy) is 5. The number of nitrogens with one attached hydrogen (secondary N) is 1. The van der Waals surface area contributed by atoms with E-state index in [2.05, 4.69) is 12.2 Å². The molecule has 242 valence electrons. The molecule has 0 spiro atoms. The van der Waals surface area contributed by atoms with Gasteiger partial charge < -0.3 is 64.7 Å². The summed E-state index contributed by atoms with van der Waals surface area (Å²) in [6.45, 7) is 3.04. The van der Waals surface area contributed by atoms with Gasteiger partial charge >= 0.3 is 0 Å². The number of unbranched alkanes of at least 4 members (excludes halogenated alkanes) is 5. The Morgan fingerprint density at radius 2 is 1.49 bits per heavy atom. The predicted octanol–water partition coefficient (Wildman–Crippen LogP) is -1.85. The van der Waals surface area contributed by atoms with Crippen LogP contribution in [0.3, 0.4) is 0 Å². The molecule has 10 atom stereocenters. The Hall–Kier alpha value is -1.01. The van der Waals surface area contributed by atoms with Crippen LogP contribution in [0.5, 0.6) is 0 Å². The Labute approximate surface area is 241 Å². The summed E-state index contributed by atoms with van der Waals surface area (Å²) >= 11 is 0. The highest BCUT2D eigenvalue weighted by molar-refractivity contribution is 5.73. The Bertz CT molecular complexity index is 734. The molecule has 2 aliphatic heterocycles. The Morgan fingerprint density at radius 1 is 0.854 bits per heavy atom. The zero-order valence-electron chi connectivity index (χ0n) is 24.3. The average molecular weight is 598 g/mol. The van der Waals surface area contributed by atoms with E-state index in [1.807, 2.05) is 0 Å². The summed E-state index contributed by atoms with van der Waals surface area (Å²) in [4.78, 5) is 12.1. The van der Waals surface area contributed by atoms with Crippen molar-refractivity contribution in [2.75, 3.05) is 39.6 Å². The molecule has 0 aliphatic carbocycles. The van der Waals surface area contributed by atoms with Gasteiger partial charge in [-0.25, -0.2) is 0 Å². The fraction of sp³-hybridized carbons (Fsp3) is 0.963. The Morgan fingerprint density at radius 3 is 2.10 bits per heavy atom. The van der Waals surface area contributed by atoms with Gasteiger partial charge in [-0.3, -0.25) is 4.79 Å². The van der Waals surface area contributed by atoms with Crippen molar-refractivity contribution in [3.05, 3.63) is 0 Å². The van der Waals surface area contributed by atoms with Crippen LogP contribution < -0.4 is 5.32 Å². The zero-order valence-corrected chi connectivity index (χ0v) is 24.3. The smallest absolute Gasteiger partial charge is 0.217 e. The van der Waals surface area contributed by atoms with Crippen molar-refractivity contribution in [1.82, 2.24) is 5.32 Å². The molecule has 0 aromatic carbocycles. The van der Waals surface area contributed by atoms with Gasteiger partial charge in [0.2, 0.25) is 5.91 Å². The number of carbonyl (C=O) groups is 1. The molecular formula is C27H51NO13. The molecule has 14 heteroatoms. The van der Waals surface area contributed by atoms with Gasteiger partial charge in [-0.15, -0.1) is 0 Å². The summed E-state index contributed by atoms with van der Waals surface area (Å²) in [6.07, 6.45) is -5.83. The first kappa shape index (κ1) is 36.2. The number of hydrogen-bond donors (Lipinski definition) is 8. The molecule has 14 nitrogen and oxygen atoms in total. The van der Waals surface area contributed by atoms with Crippen LogP contribution in [0.1, 0.15) is 59.3 Å². The molecule has 1 amide bonds. The van der Waals surface area contributed by atoms with Crippen molar-refractivity contribution in [3.63, 3.8) is 0 Å². The Kier molecular flexibility index (Phi) is 15.8. The van der Waals surface area contributed by atoms with Crippen molar-refractivity contribution in [2.24, 2.45) is 5.41 Å². The largest absolute Gasteiger partial charge is 0.396 e. The van der Waals surface area contributed by atoms with E-state index in [0.29, 0.717) is 0 Å². The third kappa shape index (κ3) is 10.3. The first-order valence-corrected chi connectivity index (χ1v) is 14.5. The number of amides is 1. The van der Waals surface area contributed by atoms with Gasteiger partial charge in [-0.05, 0) is 13.3 Å². The van der Waals surface area contributed by atoms with Crippen LogP contribution in [-0.4, -0.2) is 143 Å². The molecule has 0 bridgehead atoms. The average Bonchev–Trinajstić information content (AvgIpc) is 2.95. The molecular weight excluding hydrogens is 546 g/mol. The fourth-order valence-electron chi connectivity index (χ4n) is 4.79. The van der Waals surface area contributed by atoms with Gasteiger partial charge in [0.1, 0.15) is 42.7 Å². The molecule has 41 heavy (non-hydrogen) atoms. The van der Waals surface area contributed by atoms with Crippen molar-refractivity contribution in [3.8, 4) is 0 Å². The molecule has 2 aliphatic rings. The fourth-order valence-corrected chi connectivity index (χ4v) is 4.79. The minimum atomic E-state index is -1.66. The molecule has 2 heterocycles. The second-order valence-electron chi connectivity index (χ2n) is 11.2. The number of rotatable bonds is 18. The van der Waals surface area contributed by atoms with E-state index >= 15 is 0 Å². The summed E-state index contributed by atoms with van der Waals surface area (Å²) in [5.41, 5.74) is -1.31. The van der Waals surface area contributed by atoms with Crippen molar-refractivity contribution in [2.45, 2.75) is 121 Å². The zero-order chi connectivity index (χ0) is 30.6. The van der Waals surface area contributed by atoms with Crippen LogP contribution >= 0.6 is 0 Å². The lowest BCUT2D eigenvalue weighted by atomic mass is 9.92. The SMILES string of the molecule is CCCCCCCCO[C@H]1O[C@H](COCC(CO)(CO)CO)[C@@H](O)[C@H](O[C@@H]2O[C@@H](C)[C@@H](O)[C@@H](O)[C@@H]2O)[C@H]1NC(C)=O. The van der Waals surface area contributed by atoms with E-state index in [-0.39, 0.29) is 19.8 Å². The molecule has 8 N–H and O–H groups in total. The first-order valence-electron chi connectivity index (χ1n) is 14.5. The van der Waals surface area contributed by atoms with Gasteiger partial charge in [-0.1, -0.05) is 39.0 Å². The third-order valence-corrected chi connectivity index (χ3v) is 7.62. The van der Waals surface area contributed by atoms with Crippen LogP contribution in [0.15, 0.2) is 0 Å². The second kappa shape index (κ2) is 18.0. The normalized spacial score (nSPS) is 34.5. The maximum absolute atomic E-state index is 12.1. The number of aliphatic hydroxyl groups is 7. The van der Waals surface area contributed by atoms with Gasteiger partial charge in [-0.2, -0.15) is 0 Å². The van der Waals surface area contributed by atoms with Crippen molar-refractivity contribution < 1.29 is 64.2 Å². The highest BCUT2D eigenvalue weighted by Gasteiger charge is 2.51. The summed E-state index contributed by atoms with van der Waals surface area (Å²) in [5, 5.41) is 73.6. The maximum atomic E-state index is 12.1. The van der Waals surface area contributed by atoms with Crippen LogP contribution in [0.25, 0.3) is 0 Å². The predicted molar refractivity (Wildman–Crippen MR) is 143 cm³/mol. The molecule has 2 fully saturated rings. The van der Waals surface area contributed by atoms with Crippen molar-refractivity contribution in [1.29, 1.82) is 0 Å². The van der Waals surface area contributed by atoms with Gasteiger partial charge in [0.25, 0.3) is 0 Å². The van der Waals surface area contributed by atoms with E-state index in [0.717, 1.165) is 38.5 Å². The quantitative estimate of drug-likeness (QED) is 0.0815. The van der Waals surface area contributed by atoms with Crippen molar-refractivity contribution >= 4 is 5.91 Å². The minimum absolute atomic E-state index is 0.251. The molecule has 0 radical (unpaired) electrons. The minimum Gasteiger partial charge on any atom is -0.396 e. The van der Waals surface area contributed by atoms with Crippen LogP contribution in [-0.2, 0) is 28.5 Å². The van der Waals surface area contributed by atoms with Crippen LogP contribution in [0.2, 0.25) is 0 Å². The molecule has 0 saturated carbocycles. The van der Waals surface area contributed by atoms with Crippen LogP contribution in [0, 0.1) is 5.41 Å².